The average Bonchev–Trinajstić information content (AvgIpc) is 2.34. The summed E-state index contributed by atoms with van der Waals surface area (Å²) >= 11 is 3.16. The van der Waals surface area contributed by atoms with Gasteiger partial charge in [-0.05, 0) is 18.6 Å². The number of hydrogen-bond acceptors (Lipinski definition) is 5. The largest absolute Gasteiger partial charge is 0.477 e. The zero-order chi connectivity index (χ0) is 14.4. The molecule has 0 bridgehead atoms. The van der Waals surface area contributed by atoms with Crippen molar-refractivity contribution in [2.24, 2.45) is 0 Å². The first-order valence-corrected chi connectivity index (χ1v) is 6.20. The lowest BCUT2D eigenvalue weighted by atomic mass is 10.2. The highest BCUT2D eigenvalue weighted by atomic mass is 79.9. The number of nitrogens with one attached hydrogen (secondary N) is 1. The van der Waals surface area contributed by atoms with Crippen molar-refractivity contribution < 1.29 is 19.6 Å². The van der Waals surface area contributed by atoms with E-state index in [1.807, 2.05) is 0 Å². The number of hydrogen-bond donors (Lipinski definition) is 2. The predicted molar refractivity (Wildman–Crippen MR) is 71.1 cm³/mol. The van der Waals surface area contributed by atoms with Crippen LogP contribution in [0.1, 0.15) is 5.56 Å². The maximum atomic E-state index is 11.3. The van der Waals surface area contributed by atoms with Gasteiger partial charge in [-0.15, -0.1) is 0 Å². The lowest BCUT2D eigenvalue weighted by molar-refractivity contribution is -0.385. The number of aryl methyl sites for hydroxylation is 1. The number of rotatable bonds is 6. The molecule has 1 rings (SSSR count). The minimum absolute atomic E-state index is 0.0624. The minimum Gasteiger partial charge on any atom is -0.477 e. The fourth-order valence-electron chi connectivity index (χ4n) is 1.42. The zero-order valence-electron chi connectivity index (χ0n) is 10.2. The number of carbonyl (C=O) groups excluding carboxylic acids is 1. The van der Waals surface area contributed by atoms with Crippen LogP contribution in [0.3, 0.4) is 0 Å². The number of carbonyl (C=O) groups is 1. The van der Waals surface area contributed by atoms with Crippen LogP contribution in [0, 0.1) is 17.0 Å². The third-order valence-electron chi connectivity index (χ3n) is 2.20. The lowest BCUT2D eigenvalue weighted by Crippen LogP contribution is -2.31. The molecule has 0 heterocycles. The highest BCUT2D eigenvalue weighted by Gasteiger charge is 2.19. The van der Waals surface area contributed by atoms with Gasteiger partial charge in [-0.1, -0.05) is 15.9 Å². The van der Waals surface area contributed by atoms with E-state index < -0.39 is 10.8 Å². The van der Waals surface area contributed by atoms with Crippen LogP contribution in [0.25, 0.3) is 0 Å². The van der Waals surface area contributed by atoms with Crippen molar-refractivity contribution in [3.8, 4) is 5.75 Å². The van der Waals surface area contributed by atoms with E-state index >= 15 is 0 Å². The van der Waals surface area contributed by atoms with Gasteiger partial charge in [-0.2, -0.15) is 0 Å². The molecule has 2 N–H and O–H groups in total. The Morgan fingerprint density at radius 1 is 1.58 bits per heavy atom. The molecule has 19 heavy (non-hydrogen) atoms. The van der Waals surface area contributed by atoms with Crippen LogP contribution in [0.4, 0.5) is 5.69 Å². The highest BCUT2D eigenvalue weighted by Crippen LogP contribution is 2.33. The van der Waals surface area contributed by atoms with Crippen molar-refractivity contribution in [2.75, 3.05) is 19.8 Å². The molecule has 0 atom stereocenters. The van der Waals surface area contributed by atoms with Gasteiger partial charge in [0.25, 0.3) is 5.91 Å². The zero-order valence-corrected chi connectivity index (χ0v) is 11.8. The van der Waals surface area contributed by atoms with Crippen molar-refractivity contribution >= 4 is 27.5 Å². The van der Waals surface area contributed by atoms with Gasteiger partial charge in [-0.25, -0.2) is 0 Å². The van der Waals surface area contributed by atoms with Gasteiger partial charge < -0.3 is 15.2 Å². The molecule has 0 unspecified atom stereocenters. The Hall–Kier alpha value is -1.67. The molecule has 7 nitrogen and oxygen atoms in total. The Morgan fingerprint density at radius 2 is 2.26 bits per heavy atom. The van der Waals surface area contributed by atoms with Crippen LogP contribution in [0.5, 0.6) is 5.75 Å². The molecule has 1 aromatic carbocycles. The van der Waals surface area contributed by atoms with E-state index in [4.69, 9.17) is 9.84 Å². The predicted octanol–water partition coefficient (Wildman–Crippen LogP) is 1.15. The second kappa shape index (κ2) is 7.05. The molecular weight excluding hydrogens is 320 g/mol. The van der Waals surface area contributed by atoms with Crippen LogP contribution >= 0.6 is 15.9 Å². The molecule has 0 aliphatic heterocycles. The molecule has 0 fully saturated rings. The summed E-state index contributed by atoms with van der Waals surface area (Å²) in [5, 5.41) is 21.8. The molecule has 104 valence electrons. The van der Waals surface area contributed by atoms with Crippen LogP contribution in [-0.2, 0) is 4.79 Å². The van der Waals surface area contributed by atoms with Crippen molar-refractivity contribution in [3.63, 3.8) is 0 Å². The van der Waals surface area contributed by atoms with E-state index in [0.29, 0.717) is 10.0 Å². The second-order valence-electron chi connectivity index (χ2n) is 3.69. The summed E-state index contributed by atoms with van der Waals surface area (Å²) in [4.78, 5) is 21.7. The Kier molecular flexibility index (Phi) is 5.71. The van der Waals surface area contributed by atoms with E-state index in [-0.39, 0.29) is 31.2 Å². The van der Waals surface area contributed by atoms with Crippen LogP contribution in [0.15, 0.2) is 16.6 Å². The molecule has 0 aliphatic carbocycles. The summed E-state index contributed by atoms with van der Waals surface area (Å²) < 4.78 is 5.75. The fourth-order valence-corrected chi connectivity index (χ4v) is 1.98. The Balaban J connectivity index is 2.83. The molecule has 1 amide bonds. The average molecular weight is 333 g/mol. The van der Waals surface area contributed by atoms with Crippen LogP contribution in [-0.4, -0.2) is 35.7 Å². The third kappa shape index (κ3) is 4.49. The standard InChI is InChI=1S/C11H13BrN2O5/c1-7-4-8(12)5-9(14(17)18)11(7)19-6-10(16)13-2-3-15/h4-5,15H,2-3,6H2,1H3,(H,13,16). The molecule has 0 saturated heterocycles. The van der Waals surface area contributed by atoms with Crippen molar-refractivity contribution in [3.05, 3.63) is 32.3 Å². The summed E-state index contributed by atoms with van der Waals surface area (Å²) in [6.07, 6.45) is 0. The first-order valence-electron chi connectivity index (χ1n) is 5.40. The van der Waals surface area contributed by atoms with Gasteiger partial charge in [0, 0.05) is 17.1 Å². The lowest BCUT2D eigenvalue weighted by Gasteiger charge is -2.10. The van der Waals surface area contributed by atoms with E-state index in [1.54, 1.807) is 13.0 Å². The van der Waals surface area contributed by atoms with Crippen molar-refractivity contribution in [1.29, 1.82) is 0 Å². The number of halogens is 1. The smallest absolute Gasteiger partial charge is 0.312 e. The number of amides is 1. The number of aliphatic hydroxyl groups excluding tert-OH is 1. The number of nitrogens with zero attached hydrogens (tertiary/aromatic N) is 1. The first-order chi connectivity index (χ1) is 8.95. The molecular formula is C11H13BrN2O5. The van der Waals surface area contributed by atoms with E-state index in [1.165, 1.54) is 6.07 Å². The molecule has 0 radical (unpaired) electrons. The van der Waals surface area contributed by atoms with Crippen LogP contribution < -0.4 is 10.1 Å². The second-order valence-corrected chi connectivity index (χ2v) is 4.61. The fraction of sp³-hybridized carbons (Fsp3) is 0.364. The van der Waals surface area contributed by atoms with Gasteiger partial charge >= 0.3 is 5.69 Å². The topological polar surface area (TPSA) is 102 Å². The maximum Gasteiger partial charge on any atom is 0.312 e. The first kappa shape index (κ1) is 15.4. The molecule has 0 saturated carbocycles. The summed E-state index contributed by atoms with van der Waals surface area (Å²) in [5.41, 5.74) is 0.345. The molecule has 0 aromatic heterocycles. The summed E-state index contributed by atoms with van der Waals surface area (Å²) in [5.74, 6) is -0.391. The normalized spacial score (nSPS) is 10.1. The third-order valence-corrected chi connectivity index (χ3v) is 2.66. The van der Waals surface area contributed by atoms with Crippen LogP contribution in [0.2, 0.25) is 0 Å². The molecule has 0 spiro atoms. The molecule has 0 aliphatic rings. The van der Waals surface area contributed by atoms with E-state index in [0.717, 1.165) is 0 Å². The number of ether oxygens (including phenoxy) is 1. The van der Waals surface area contributed by atoms with Gasteiger partial charge in [-0.3, -0.25) is 14.9 Å². The highest BCUT2D eigenvalue weighted by molar-refractivity contribution is 9.10. The van der Waals surface area contributed by atoms with E-state index in [9.17, 15) is 14.9 Å². The van der Waals surface area contributed by atoms with Crippen molar-refractivity contribution in [2.45, 2.75) is 6.92 Å². The number of nitro groups is 1. The molecule has 1 aromatic rings. The number of aliphatic hydroxyl groups is 1. The summed E-state index contributed by atoms with van der Waals surface area (Å²) in [6, 6.07) is 2.97. The number of benzene rings is 1. The quantitative estimate of drug-likeness (QED) is 0.601. The monoisotopic (exact) mass is 332 g/mol. The van der Waals surface area contributed by atoms with Gasteiger partial charge in [0.15, 0.2) is 6.61 Å². The summed E-state index contributed by atoms with van der Waals surface area (Å²) in [6.45, 7) is 1.24. The van der Waals surface area contributed by atoms with E-state index in [2.05, 4.69) is 21.2 Å². The van der Waals surface area contributed by atoms with Gasteiger partial charge in [0.05, 0.1) is 11.5 Å². The molecule has 8 heteroatoms. The Bertz CT molecular complexity index is 492. The summed E-state index contributed by atoms with van der Waals surface area (Å²) in [7, 11) is 0. The minimum atomic E-state index is -0.571. The Morgan fingerprint density at radius 3 is 2.84 bits per heavy atom. The van der Waals surface area contributed by atoms with Gasteiger partial charge in [0.1, 0.15) is 0 Å². The van der Waals surface area contributed by atoms with Crippen molar-refractivity contribution in [1.82, 2.24) is 5.32 Å². The maximum absolute atomic E-state index is 11.3. The number of nitro benzene ring substituents is 1. The Labute approximate surface area is 117 Å². The van der Waals surface area contributed by atoms with Gasteiger partial charge in [0.2, 0.25) is 5.75 Å². The SMILES string of the molecule is Cc1cc(Br)cc([N+](=O)[O-])c1OCC(=O)NCCO.